The number of amides is 1. The Kier molecular flexibility index (Phi) is 5.92. The molecule has 0 aliphatic carbocycles. The van der Waals surface area contributed by atoms with Gasteiger partial charge in [0.1, 0.15) is 17.2 Å². The Morgan fingerprint density at radius 1 is 1.16 bits per heavy atom. The number of aromatic amines is 1. The zero-order chi connectivity index (χ0) is 22.0. The Morgan fingerprint density at radius 3 is 2.55 bits per heavy atom. The second-order valence-corrected chi connectivity index (χ2v) is 7.17. The second kappa shape index (κ2) is 8.79. The monoisotopic (exact) mass is 423 g/mol. The number of ether oxygens (including phenoxy) is 3. The van der Waals surface area contributed by atoms with Gasteiger partial charge in [0.25, 0.3) is 5.91 Å². The second-order valence-electron chi connectivity index (χ2n) is 7.17. The third kappa shape index (κ3) is 3.87. The number of phenolic OH excluding ortho intramolecular Hbond substituents is 1. The summed E-state index contributed by atoms with van der Waals surface area (Å²) < 4.78 is 16.2. The Morgan fingerprint density at radius 2 is 1.90 bits per heavy atom. The van der Waals surface area contributed by atoms with E-state index < -0.39 is 12.3 Å². The minimum atomic E-state index is -0.588. The van der Waals surface area contributed by atoms with E-state index in [1.54, 1.807) is 23.1 Å². The zero-order valence-corrected chi connectivity index (χ0v) is 17.7. The summed E-state index contributed by atoms with van der Waals surface area (Å²) in [7, 11) is 3.06. The van der Waals surface area contributed by atoms with Crippen molar-refractivity contribution < 1.29 is 24.1 Å². The van der Waals surface area contributed by atoms with Gasteiger partial charge in [-0.3, -0.25) is 9.89 Å². The molecule has 2 aromatic carbocycles. The van der Waals surface area contributed by atoms with Crippen LogP contribution in [0.2, 0.25) is 0 Å². The van der Waals surface area contributed by atoms with Crippen molar-refractivity contribution in [3.8, 4) is 22.8 Å². The van der Waals surface area contributed by atoms with E-state index >= 15 is 0 Å². The molecule has 0 bridgehead atoms. The Hall–Kier alpha value is -3.36. The van der Waals surface area contributed by atoms with Crippen molar-refractivity contribution in [1.82, 2.24) is 15.1 Å². The molecule has 1 atom stereocenters. The SMILES string of the molecule is CCOc1ccc(-c2n[nH]c3c2C(c2cccc(O)c2)N(CC(OC)OC)C3=O)cc1. The van der Waals surface area contributed by atoms with Gasteiger partial charge >= 0.3 is 0 Å². The van der Waals surface area contributed by atoms with Crippen LogP contribution in [0.5, 0.6) is 11.5 Å². The molecule has 8 nitrogen and oxygen atoms in total. The van der Waals surface area contributed by atoms with Crippen LogP contribution in [0.25, 0.3) is 11.3 Å². The lowest BCUT2D eigenvalue weighted by Crippen LogP contribution is -2.38. The van der Waals surface area contributed by atoms with Crippen molar-refractivity contribution in [1.29, 1.82) is 0 Å². The van der Waals surface area contributed by atoms with Gasteiger partial charge in [0.2, 0.25) is 0 Å². The highest BCUT2D eigenvalue weighted by Gasteiger charge is 2.43. The van der Waals surface area contributed by atoms with Crippen LogP contribution in [0.4, 0.5) is 0 Å². The minimum absolute atomic E-state index is 0.125. The van der Waals surface area contributed by atoms with E-state index in [0.29, 0.717) is 18.0 Å². The first kappa shape index (κ1) is 20.9. The molecule has 2 N–H and O–H groups in total. The highest BCUT2D eigenvalue weighted by Crippen LogP contribution is 2.43. The van der Waals surface area contributed by atoms with Gasteiger partial charge in [-0.15, -0.1) is 0 Å². The number of benzene rings is 2. The molecule has 1 amide bonds. The molecule has 8 heteroatoms. The molecule has 0 radical (unpaired) electrons. The van der Waals surface area contributed by atoms with Crippen molar-refractivity contribution in [2.75, 3.05) is 27.4 Å². The summed E-state index contributed by atoms with van der Waals surface area (Å²) in [5, 5.41) is 17.4. The van der Waals surface area contributed by atoms with E-state index in [4.69, 9.17) is 14.2 Å². The van der Waals surface area contributed by atoms with Gasteiger partial charge in [-0.2, -0.15) is 5.10 Å². The summed E-state index contributed by atoms with van der Waals surface area (Å²) in [6.45, 7) is 2.74. The number of hydrogen-bond donors (Lipinski definition) is 2. The van der Waals surface area contributed by atoms with Crippen LogP contribution in [-0.2, 0) is 9.47 Å². The number of carbonyl (C=O) groups is 1. The Labute approximate surface area is 180 Å². The molecule has 2 heterocycles. The smallest absolute Gasteiger partial charge is 0.273 e. The van der Waals surface area contributed by atoms with Gasteiger partial charge in [-0.25, -0.2) is 0 Å². The van der Waals surface area contributed by atoms with E-state index in [1.165, 1.54) is 14.2 Å². The number of nitrogens with one attached hydrogen (secondary N) is 1. The van der Waals surface area contributed by atoms with Gasteiger partial charge < -0.3 is 24.2 Å². The third-order valence-corrected chi connectivity index (χ3v) is 5.36. The van der Waals surface area contributed by atoms with Gasteiger partial charge in [-0.1, -0.05) is 12.1 Å². The van der Waals surface area contributed by atoms with Crippen LogP contribution in [0.3, 0.4) is 0 Å². The number of H-pyrrole nitrogens is 1. The molecule has 0 saturated carbocycles. The van der Waals surface area contributed by atoms with Crippen molar-refractivity contribution in [3.05, 3.63) is 65.4 Å². The average Bonchev–Trinajstić information content (AvgIpc) is 3.32. The number of fused-ring (bicyclic) bond motifs is 1. The fourth-order valence-corrected chi connectivity index (χ4v) is 3.93. The standard InChI is InChI=1S/C23H25N3O5/c1-4-31-17-10-8-14(9-11-17)20-19-21(25-24-20)23(28)26(13-18(29-2)30-3)22(19)15-6-5-7-16(27)12-15/h5-12,18,22,27H,4,13H2,1-3H3,(H,24,25). The average molecular weight is 423 g/mol. The molecule has 1 unspecified atom stereocenters. The zero-order valence-electron chi connectivity index (χ0n) is 17.7. The van der Waals surface area contributed by atoms with Gasteiger partial charge in [0.15, 0.2) is 6.29 Å². The number of hydrogen-bond acceptors (Lipinski definition) is 6. The maximum Gasteiger partial charge on any atom is 0.273 e. The van der Waals surface area contributed by atoms with E-state index in [9.17, 15) is 9.90 Å². The largest absolute Gasteiger partial charge is 0.508 e. The van der Waals surface area contributed by atoms with Crippen LogP contribution in [0, 0.1) is 0 Å². The molecule has 162 valence electrons. The number of methoxy groups -OCH3 is 2. The topological polar surface area (TPSA) is 96.9 Å². The van der Waals surface area contributed by atoms with E-state index in [1.807, 2.05) is 37.3 Å². The molecule has 1 aliphatic rings. The van der Waals surface area contributed by atoms with Crippen molar-refractivity contribution in [2.24, 2.45) is 0 Å². The number of carbonyl (C=O) groups excluding carboxylic acids is 1. The first-order chi connectivity index (χ1) is 15.1. The van der Waals surface area contributed by atoms with Crippen molar-refractivity contribution >= 4 is 5.91 Å². The lowest BCUT2D eigenvalue weighted by atomic mass is 9.96. The molecule has 3 aromatic rings. The fraction of sp³-hybridized carbons (Fsp3) is 0.304. The number of aromatic nitrogens is 2. The quantitative estimate of drug-likeness (QED) is 0.540. The highest BCUT2D eigenvalue weighted by atomic mass is 16.7. The predicted octanol–water partition coefficient (Wildman–Crippen LogP) is 3.35. The molecule has 0 spiro atoms. The lowest BCUT2D eigenvalue weighted by Gasteiger charge is -2.29. The Bertz CT molecular complexity index is 1060. The van der Waals surface area contributed by atoms with Crippen LogP contribution < -0.4 is 4.74 Å². The van der Waals surface area contributed by atoms with Crippen LogP contribution in [-0.4, -0.2) is 59.8 Å². The molecular formula is C23H25N3O5. The molecule has 1 aliphatic heterocycles. The van der Waals surface area contributed by atoms with E-state index in [0.717, 1.165) is 22.4 Å². The van der Waals surface area contributed by atoms with E-state index in [-0.39, 0.29) is 18.2 Å². The summed E-state index contributed by atoms with van der Waals surface area (Å²) in [6.07, 6.45) is -0.588. The van der Waals surface area contributed by atoms with Gasteiger partial charge in [0, 0.05) is 25.3 Å². The first-order valence-corrected chi connectivity index (χ1v) is 10.0. The van der Waals surface area contributed by atoms with Gasteiger partial charge in [-0.05, 0) is 48.9 Å². The summed E-state index contributed by atoms with van der Waals surface area (Å²) in [4.78, 5) is 15.0. The molecule has 1 aromatic heterocycles. The predicted molar refractivity (Wildman–Crippen MR) is 114 cm³/mol. The highest BCUT2D eigenvalue weighted by molar-refractivity contribution is 6.00. The fourth-order valence-electron chi connectivity index (χ4n) is 3.93. The minimum Gasteiger partial charge on any atom is -0.508 e. The molecule has 31 heavy (non-hydrogen) atoms. The number of rotatable bonds is 8. The maximum absolute atomic E-state index is 13.3. The van der Waals surface area contributed by atoms with Gasteiger partial charge in [0.05, 0.1) is 24.9 Å². The summed E-state index contributed by atoms with van der Waals surface area (Å²) in [6, 6.07) is 14.0. The lowest BCUT2D eigenvalue weighted by molar-refractivity contribution is -0.113. The molecular weight excluding hydrogens is 398 g/mol. The number of phenols is 1. The first-order valence-electron chi connectivity index (χ1n) is 10.0. The van der Waals surface area contributed by atoms with E-state index in [2.05, 4.69) is 10.2 Å². The summed E-state index contributed by atoms with van der Waals surface area (Å²) in [5.41, 5.74) is 3.48. The van der Waals surface area contributed by atoms with Crippen LogP contribution in [0.15, 0.2) is 48.5 Å². The summed E-state index contributed by atoms with van der Waals surface area (Å²) >= 11 is 0. The summed E-state index contributed by atoms with van der Waals surface area (Å²) in [5.74, 6) is 0.690. The Balaban J connectivity index is 1.80. The number of nitrogens with zero attached hydrogens (tertiary/aromatic N) is 2. The number of aromatic hydroxyl groups is 1. The van der Waals surface area contributed by atoms with Crippen molar-refractivity contribution in [2.45, 2.75) is 19.3 Å². The molecule has 0 saturated heterocycles. The molecule has 4 rings (SSSR count). The van der Waals surface area contributed by atoms with Crippen LogP contribution in [0.1, 0.15) is 34.6 Å². The molecule has 0 fully saturated rings. The van der Waals surface area contributed by atoms with Crippen LogP contribution >= 0.6 is 0 Å². The third-order valence-electron chi connectivity index (χ3n) is 5.36. The maximum atomic E-state index is 13.3. The van der Waals surface area contributed by atoms with Crippen molar-refractivity contribution in [3.63, 3.8) is 0 Å². The normalized spacial score (nSPS) is 15.5.